The highest BCUT2D eigenvalue weighted by molar-refractivity contribution is 9.10. The number of terminal acetylenes is 1. The van der Waals surface area contributed by atoms with E-state index in [2.05, 4.69) is 21.9 Å². The topological polar surface area (TPSA) is 43.1 Å². The summed E-state index contributed by atoms with van der Waals surface area (Å²) in [6.07, 6.45) is 5.37. The van der Waals surface area contributed by atoms with Crippen LogP contribution < -0.4 is 0 Å². The minimum atomic E-state index is -0.495. The summed E-state index contributed by atoms with van der Waals surface area (Å²) in [4.78, 5) is 10.3. The molecular formula is C11H10BrNO2. The van der Waals surface area contributed by atoms with Gasteiger partial charge in [0.15, 0.2) is 0 Å². The van der Waals surface area contributed by atoms with Gasteiger partial charge in [0.1, 0.15) is 0 Å². The summed E-state index contributed by atoms with van der Waals surface area (Å²) in [6.45, 7) is 3.69. The Morgan fingerprint density at radius 2 is 2.13 bits per heavy atom. The Kier molecular flexibility index (Phi) is 3.15. The summed E-state index contributed by atoms with van der Waals surface area (Å²) in [5.74, 6) is 2.61. The van der Waals surface area contributed by atoms with E-state index in [0.29, 0.717) is 4.47 Å². The first-order valence-corrected chi connectivity index (χ1v) is 5.10. The number of nitro groups is 1. The van der Waals surface area contributed by atoms with Gasteiger partial charge in [-0.1, -0.05) is 12.0 Å². The molecular weight excluding hydrogens is 258 g/mol. The van der Waals surface area contributed by atoms with Crippen molar-refractivity contribution in [3.05, 3.63) is 38.3 Å². The van der Waals surface area contributed by atoms with Gasteiger partial charge in [-0.25, -0.2) is 0 Å². The third-order valence-corrected chi connectivity index (χ3v) is 2.90. The molecule has 0 aliphatic carbocycles. The van der Waals surface area contributed by atoms with E-state index in [9.17, 15) is 10.1 Å². The molecule has 0 aliphatic rings. The molecule has 0 saturated heterocycles. The van der Waals surface area contributed by atoms with Gasteiger partial charge in [0.2, 0.25) is 0 Å². The predicted molar refractivity (Wildman–Crippen MR) is 62.7 cm³/mol. The van der Waals surface area contributed by atoms with E-state index in [1.54, 1.807) is 12.1 Å². The van der Waals surface area contributed by atoms with Gasteiger partial charge < -0.3 is 0 Å². The van der Waals surface area contributed by atoms with Crippen LogP contribution in [0.3, 0.4) is 0 Å². The smallest absolute Gasteiger partial charge is 0.258 e. The molecule has 1 rings (SSSR count). The molecule has 1 aromatic carbocycles. The van der Waals surface area contributed by atoms with E-state index in [0.717, 1.165) is 5.56 Å². The van der Waals surface area contributed by atoms with E-state index in [1.165, 1.54) is 6.07 Å². The Morgan fingerprint density at radius 3 is 2.60 bits per heavy atom. The molecule has 4 heteroatoms. The van der Waals surface area contributed by atoms with Crippen LogP contribution in [0, 0.1) is 22.5 Å². The molecule has 0 heterocycles. The molecule has 0 amide bonds. The predicted octanol–water partition coefficient (Wildman–Crippen LogP) is 3.27. The molecule has 0 fully saturated rings. The Balaban J connectivity index is 3.33. The molecule has 0 unspecified atom stereocenters. The number of nitro benzene ring substituents is 1. The van der Waals surface area contributed by atoms with E-state index in [-0.39, 0.29) is 5.69 Å². The maximum Gasteiger partial charge on any atom is 0.283 e. The zero-order valence-corrected chi connectivity index (χ0v) is 10.0. The average molecular weight is 268 g/mol. The summed E-state index contributed by atoms with van der Waals surface area (Å²) in [6, 6.07) is 4.94. The molecule has 0 aromatic heterocycles. The Bertz CT molecular complexity index is 446. The molecule has 1 aromatic rings. The van der Waals surface area contributed by atoms with E-state index in [1.807, 2.05) is 13.8 Å². The Labute approximate surface area is 96.8 Å². The summed E-state index contributed by atoms with van der Waals surface area (Å²) in [5.41, 5.74) is 0.307. The second kappa shape index (κ2) is 4.03. The second-order valence-electron chi connectivity index (χ2n) is 3.69. The van der Waals surface area contributed by atoms with Crippen LogP contribution in [0.15, 0.2) is 22.7 Å². The SMILES string of the molecule is C#CC(C)(C)c1ccc(Br)c([N+](=O)[O-])c1. The van der Waals surface area contributed by atoms with Crippen LogP contribution in [0.25, 0.3) is 0 Å². The van der Waals surface area contributed by atoms with E-state index >= 15 is 0 Å². The van der Waals surface area contributed by atoms with Crippen molar-refractivity contribution in [2.75, 3.05) is 0 Å². The van der Waals surface area contributed by atoms with Gasteiger partial charge in [-0.15, -0.1) is 6.42 Å². The zero-order chi connectivity index (χ0) is 11.6. The fraction of sp³-hybridized carbons (Fsp3) is 0.273. The van der Waals surface area contributed by atoms with Crippen LogP contribution >= 0.6 is 15.9 Å². The van der Waals surface area contributed by atoms with Gasteiger partial charge in [-0.3, -0.25) is 10.1 Å². The standard InChI is InChI=1S/C11H10BrNO2/c1-4-11(2,3)8-5-6-9(12)10(7-8)13(14)15/h1,5-7H,2-3H3. The van der Waals surface area contributed by atoms with Crippen LogP contribution in [0.5, 0.6) is 0 Å². The highest BCUT2D eigenvalue weighted by atomic mass is 79.9. The van der Waals surface area contributed by atoms with Gasteiger partial charge >= 0.3 is 0 Å². The largest absolute Gasteiger partial charge is 0.283 e. The third kappa shape index (κ3) is 2.37. The van der Waals surface area contributed by atoms with Crippen LogP contribution in [-0.2, 0) is 5.41 Å². The molecule has 0 radical (unpaired) electrons. The third-order valence-electron chi connectivity index (χ3n) is 2.23. The summed E-state index contributed by atoms with van der Waals surface area (Å²) in [5, 5.41) is 10.7. The lowest BCUT2D eigenvalue weighted by Crippen LogP contribution is -2.13. The maximum absolute atomic E-state index is 10.7. The maximum atomic E-state index is 10.7. The van der Waals surface area contributed by atoms with Crippen LogP contribution in [0.1, 0.15) is 19.4 Å². The lowest BCUT2D eigenvalue weighted by molar-refractivity contribution is -0.385. The van der Waals surface area contributed by atoms with Gasteiger partial charge in [-0.2, -0.15) is 0 Å². The summed E-state index contributed by atoms with van der Waals surface area (Å²) < 4.78 is 0.462. The molecule has 0 bridgehead atoms. The highest BCUT2D eigenvalue weighted by Crippen LogP contribution is 2.31. The van der Waals surface area contributed by atoms with Gasteiger partial charge in [0, 0.05) is 6.07 Å². The van der Waals surface area contributed by atoms with E-state index in [4.69, 9.17) is 6.42 Å². The minimum Gasteiger partial charge on any atom is -0.258 e. The first-order valence-electron chi connectivity index (χ1n) is 4.30. The molecule has 0 aliphatic heterocycles. The number of hydrogen-bond acceptors (Lipinski definition) is 2. The molecule has 0 spiro atoms. The monoisotopic (exact) mass is 267 g/mol. The zero-order valence-electron chi connectivity index (χ0n) is 8.45. The van der Waals surface area contributed by atoms with Crippen molar-refractivity contribution in [3.63, 3.8) is 0 Å². The molecule has 0 atom stereocenters. The van der Waals surface area contributed by atoms with Crippen molar-refractivity contribution in [2.45, 2.75) is 19.3 Å². The van der Waals surface area contributed by atoms with Crippen molar-refractivity contribution in [3.8, 4) is 12.3 Å². The number of rotatable bonds is 2. The van der Waals surface area contributed by atoms with Crippen LogP contribution in [0.2, 0.25) is 0 Å². The van der Waals surface area contributed by atoms with Crippen molar-refractivity contribution in [1.82, 2.24) is 0 Å². The second-order valence-corrected chi connectivity index (χ2v) is 4.55. The minimum absolute atomic E-state index is 0.0378. The number of hydrogen-bond donors (Lipinski definition) is 0. The van der Waals surface area contributed by atoms with Crippen LogP contribution in [-0.4, -0.2) is 4.92 Å². The molecule has 0 N–H and O–H groups in total. The number of benzene rings is 1. The first-order chi connectivity index (χ1) is 6.88. The normalized spacial score (nSPS) is 10.8. The quantitative estimate of drug-likeness (QED) is 0.469. The fourth-order valence-corrected chi connectivity index (χ4v) is 1.52. The molecule has 0 saturated carbocycles. The first kappa shape index (κ1) is 11.7. The van der Waals surface area contributed by atoms with Crippen molar-refractivity contribution < 1.29 is 4.92 Å². The van der Waals surface area contributed by atoms with Gasteiger partial charge in [0.25, 0.3) is 5.69 Å². The molecule has 78 valence electrons. The number of nitrogens with zero attached hydrogens (tertiary/aromatic N) is 1. The van der Waals surface area contributed by atoms with Crippen molar-refractivity contribution >= 4 is 21.6 Å². The van der Waals surface area contributed by atoms with Crippen LogP contribution in [0.4, 0.5) is 5.69 Å². The van der Waals surface area contributed by atoms with Crippen molar-refractivity contribution in [1.29, 1.82) is 0 Å². The average Bonchev–Trinajstić information content (AvgIpc) is 2.17. The summed E-state index contributed by atoms with van der Waals surface area (Å²) in [7, 11) is 0. The highest BCUT2D eigenvalue weighted by Gasteiger charge is 2.21. The van der Waals surface area contributed by atoms with Gasteiger partial charge in [0.05, 0.1) is 14.8 Å². The van der Waals surface area contributed by atoms with Gasteiger partial charge in [-0.05, 0) is 41.4 Å². The Hall–Kier alpha value is -1.34. The Morgan fingerprint density at radius 1 is 1.53 bits per heavy atom. The lowest BCUT2D eigenvalue weighted by Gasteiger charge is -2.17. The summed E-state index contributed by atoms with van der Waals surface area (Å²) >= 11 is 3.13. The molecule has 15 heavy (non-hydrogen) atoms. The van der Waals surface area contributed by atoms with Crippen molar-refractivity contribution in [2.24, 2.45) is 0 Å². The fourth-order valence-electron chi connectivity index (χ4n) is 1.12. The van der Waals surface area contributed by atoms with E-state index < -0.39 is 10.3 Å². The number of halogens is 1. The lowest BCUT2D eigenvalue weighted by atomic mass is 9.85. The molecule has 3 nitrogen and oxygen atoms in total.